The van der Waals surface area contributed by atoms with E-state index in [4.69, 9.17) is 14.3 Å². The Morgan fingerprint density at radius 1 is 1.19 bits per heavy atom. The van der Waals surface area contributed by atoms with Gasteiger partial charge in [0, 0.05) is 11.0 Å². The van der Waals surface area contributed by atoms with E-state index in [2.05, 4.69) is 25.9 Å². The van der Waals surface area contributed by atoms with Crippen LogP contribution in [0.2, 0.25) is 0 Å². The van der Waals surface area contributed by atoms with Crippen LogP contribution in [-0.4, -0.2) is 43.2 Å². The Morgan fingerprint density at radius 2 is 1.88 bits per heavy atom. The van der Waals surface area contributed by atoms with Gasteiger partial charge in [0.25, 0.3) is 0 Å². The molecule has 1 saturated carbocycles. The average molecular weight is 594 g/mol. The molecule has 0 radical (unpaired) electrons. The first-order valence-corrected chi connectivity index (χ1v) is 14.8. The molecule has 3 rings (SSSR count). The lowest BCUT2D eigenvalue weighted by Gasteiger charge is -2.48. The number of esters is 2. The maximum absolute atomic E-state index is 13.6. The minimum Gasteiger partial charge on any atom is -0.468 e. The summed E-state index contributed by atoms with van der Waals surface area (Å²) in [6.45, 7) is 11.5. The smallest absolute Gasteiger partial charge is 0.333 e. The summed E-state index contributed by atoms with van der Waals surface area (Å²) in [6.07, 6.45) is 6.90. The molecular formula is C34H43NO8. The lowest BCUT2D eigenvalue weighted by Crippen LogP contribution is -2.50. The summed E-state index contributed by atoms with van der Waals surface area (Å²) in [4.78, 5) is 69.4. The van der Waals surface area contributed by atoms with Gasteiger partial charge in [0.05, 0.1) is 18.9 Å². The van der Waals surface area contributed by atoms with E-state index in [1.807, 2.05) is 13.0 Å². The first kappa shape index (κ1) is 33.6. The number of hydroxylamine groups is 1. The SMILES string of the molecule is C=C(C=O)[C@@H]1C[C@@]2(C)C(=CC1=O)[C@H](OC(=O)/C(C)=C/C(C)CCCC)CC[C@@H]2C(=O)ON[C@H](C(=O)OC)c1ccccc1. The molecule has 1 N–H and O–H groups in total. The summed E-state index contributed by atoms with van der Waals surface area (Å²) in [7, 11) is 1.24. The first-order valence-electron chi connectivity index (χ1n) is 14.8. The molecule has 0 saturated heterocycles. The number of benzene rings is 1. The molecule has 1 aromatic rings. The highest BCUT2D eigenvalue weighted by Crippen LogP contribution is 2.53. The van der Waals surface area contributed by atoms with Gasteiger partial charge >= 0.3 is 17.9 Å². The van der Waals surface area contributed by atoms with Gasteiger partial charge < -0.3 is 14.3 Å². The highest BCUT2D eigenvalue weighted by Gasteiger charge is 2.54. The molecule has 9 heteroatoms. The van der Waals surface area contributed by atoms with Crippen molar-refractivity contribution in [3.05, 3.63) is 71.3 Å². The van der Waals surface area contributed by atoms with Crippen molar-refractivity contribution in [3.63, 3.8) is 0 Å². The molecule has 0 aromatic heterocycles. The van der Waals surface area contributed by atoms with Gasteiger partial charge in [0.1, 0.15) is 12.4 Å². The number of rotatable bonds is 13. The maximum atomic E-state index is 13.6. The minimum atomic E-state index is -1.06. The molecule has 1 aromatic carbocycles. The lowest BCUT2D eigenvalue weighted by molar-refractivity contribution is -0.169. The number of carbonyl (C=O) groups excluding carboxylic acids is 5. The van der Waals surface area contributed by atoms with E-state index < -0.39 is 47.3 Å². The van der Waals surface area contributed by atoms with Gasteiger partial charge in [-0.3, -0.25) is 14.4 Å². The van der Waals surface area contributed by atoms with Gasteiger partial charge in [-0.25, -0.2) is 9.59 Å². The Kier molecular flexibility index (Phi) is 11.8. The third-order valence-corrected chi connectivity index (χ3v) is 8.61. The van der Waals surface area contributed by atoms with Gasteiger partial charge in [0.15, 0.2) is 11.8 Å². The second-order valence-corrected chi connectivity index (χ2v) is 11.8. The zero-order valence-corrected chi connectivity index (χ0v) is 25.7. The molecule has 0 aliphatic heterocycles. The molecule has 0 spiro atoms. The van der Waals surface area contributed by atoms with Crippen molar-refractivity contribution in [1.82, 2.24) is 5.48 Å². The van der Waals surface area contributed by atoms with Crippen LogP contribution in [0, 0.1) is 23.2 Å². The second kappa shape index (κ2) is 15.0. The molecule has 6 atom stereocenters. The van der Waals surface area contributed by atoms with Gasteiger partial charge in [0.2, 0.25) is 0 Å². The van der Waals surface area contributed by atoms with Crippen LogP contribution in [0.15, 0.2) is 65.8 Å². The largest absolute Gasteiger partial charge is 0.468 e. The van der Waals surface area contributed by atoms with Crippen LogP contribution >= 0.6 is 0 Å². The van der Waals surface area contributed by atoms with E-state index in [0.29, 0.717) is 23.0 Å². The molecule has 2 aliphatic rings. The number of fused-ring (bicyclic) bond motifs is 1. The standard InChI is InChI=1S/C34H43NO8/c1-7-8-12-21(2)17-22(3)31(38)42-29-16-15-26(34(5)19-25(23(4)20-36)28(37)18-27(29)34)32(39)43-35-30(33(40)41-6)24-13-10-9-11-14-24/h9-11,13-14,17-18,20-21,25-26,29-30,35H,4,7-8,12,15-16,19H2,1-3,5-6H3/b22-17+/t21?,25-,26+,29+,30-,34+/m0/s1. The number of aldehydes is 1. The highest BCUT2D eigenvalue weighted by atomic mass is 16.7. The molecular weight excluding hydrogens is 550 g/mol. The van der Waals surface area contributed by atoms with Crippen molar-refractivity contribution in [2.24, 2.45) is 23.2 Å². The van der Waals surface area contributed by atoms with Crippen molar-refractivity contribution in [3.8, 4) is 0 Å². The third kappa shape index (κ3) is 7.96. The lowest BCUT2D eigenvalue weighted by atomic mass is 9.56. The molecule has 1 fully saturated rings. The maximum Gasteiger partial charge on any atom is 0.333 e. The number of methoxy groups -OCH3 is 1. The Bertz CT molecular complexity index is 1280. The predicted molar refractivity (Wildman–Crippen MR) is 160 cm³/mol. The van der Waals surface area contributed by atoms with E-state index in [1.165, 1.54) is 13.2 Å². The number of nitrogens with one attached hydrogen (secondary N) is 1. The van der Waals surface area contributed by atoms with Crippen molar-refractivity contribution in [2.75, 3.05) is 7.11 Å². The monoisotopic (exact) mass is 593 g/mol. The van der Waals surface area contributed by atoms with Crippen LogP contribution in [0.25, 0.3) is 0 Å². The Balaban J connectivity index is 1.87. The van der Waals surface area contributed by atoms with Crippen molar-refractivity contribution in [2.45, 2.75) is 78.4 Å². The highest BCUT2D eigenvalue weighted by molar-refractivity contribution is 6.00. The van der Waals surface area contributed by atoms with Gasteiger partial charge in [-0.05, 0) is 61.3 Å². The molecule has 0 bridgehead atoms. The van der Waals surface area contributed by atoms with Crippen LogP contribution in [-0.2, 0) is 38.3 Å². The zero-order valence-electron chi connectivity index (χ0n) is 25.7. The van der Waals surface area contributed by atoms with Crippen LogP contribution in [0.3, 0.4) is 0 Å². The molecule has 232 valence electrons. The molecule has 9 nitrogen and oxygen atoms in total. The number of ketones is 1. The summed E-state index contributed by atoms with van der Waals surface area (Å²) in [5.74, 6) is -3.46. The second-order valence-electron chi connectivity index (χ2n) is 11.8. The fourth-order valence-corrected chi connectivity index (χ4v) is 6.08. The van der Waals surface area contributed by atoms with Gasteiger partial charge in [-0.2, -0.15) is 0 Å². The number of carbonyl (C=O) groups is 5. The summed E-state index contributed by atoms with van der Waals surface area (Å²) in [5, 5.41) is 0. The fraction of sp³-hybridized carbons (Fsp3) is 0.500. The summed E-state index contributed by atoms with van der Waals surface area (Å²) < 4.78 is 10.8. The van der Waals surface area contributed by atoms with Crippen molar-refractivity contribution in [1.29, 1.82) is 0 Å². The van der Waals surface area contributed by atoms with E-state index in [0.717, 1.165) is 19.3 Å². The number of hydrogen-bond donors (Lipinski definition) is 1. The van der Waals surface area contributed by atoms with Gasteiger partial charge in [-0.1, -0.05) is 76.6 Å². The number of unbranched alkanes of at least 4 members (excludes halogenated alkanes) is 1. The van der Waals surface area contributed by atoms with E-state index >= 15 is 0 Å². The number of ether oxygens (including phenoxy) is 2. The van der Waals surface area contributed by atoms with E-state index in [1.54, 1.807) is 37.3 Å². The Morgan fingerprint density at radius 3 is 2.51 bits per heavy atom. The van der Waals surface area contributed by atoms with Crippen molar-refractivity contribution < 1.29 is 38.3 Å². The van der Waals surface area contributed by atoms with Crippen LogP contribution in [0.1, 0.15) is 77.8 Å². The molecule has 43 heavy (non-hydrogen) atoms. The topological polar surface area (TPSA) is 125 Å². The normalized spacial score (nSPS) is 25.0. The quantitative estimate of drug-likeness (QED) is 0.106. The fourth-order valence-electron chi connectivity index (χ4n) is 6.08. The minimum absolute atomic E-state index is 0.112. The third-order valence-electron chi connectivity index (χ3n) is 8.61. The van der Waals surface area contributed by atoms with Gasteiger partial charge in [-0.15, -0.1) is 5.48 Å². The summed E-state index contributed by atoms with van der Waals surface area (Å²) >= 11 is 0. The Hall–Kier alpha value is -3.85. The molecule has 0 amide bonds. The number of allylic oxidation sites excluding steroid dienone is 3. The molecule has 0 heterocycles. The van der Waals surface area contributed by atoms with E-state index in [-0.39, 0.29) is 36.5 Å². The predicted octanol–water partition coefficient (Wildman–Crippen LogP) is 5.32. The van der Waals surface area contributed by atoms with E-state index in [9.17, 15) is 24.0 Å². The van der Waals surface area contributed by atoms with Crippen LogP contribution in [0.5, 0.6) is 0 Å². The molecule has 1 unspecified atom stereocenters. The molecule has 2 aliphatic carbocycles. The van der Waals surface area contributed by atoms with Crippen LogP contribution < -0.4 is 5.48 Å². The summed E-state index contributed by atoms with van der Waals surface area (Å²) in [5.41, 5.74) is 3.22. The average Bonchev–Trinajstić information content (AvgIpc) is 3.00. The zero-order chi connectivity index (χ0) is 31.7. The first-order chi connectivity index (χ1) is 20.5. The summed E-state index contributed by atoms with van der Waals surface area (Å²) in [6, 6.07) is 7.64. The van der Waals surface area contributed by atoms with Crippen LogP contribution in [0.4, 0.5) is 0 Å². The number of hydrogen-bond acceptors (Lipinski definition) is 9. The van der Waals surface area contributed by atoms with Crippen molar-refractivity contribution >= 4 is 30.0 Å². The Labute approximate surface area is 253 Å².